The van der Waals surface area contributed by atoms with Crippen LogP contribution >= 0.6 is 0 Å². The molecule has 0 aliphatic rings. The van der Waals surface area contributed by atoms with Crippen molar-refractivity contribution in [3.05, 3.63) is 34.9 Å². The number of hydrogen-bond acceptors (Lipinski definition) is 4. The molecule has 3 N–H and O–H groups in total. The van der Waals surface area contributed by atoms with Crippen molar-refractivity contribution < 1.29 is 19.1 Å². The van der Waals surface area contributed by atoms with Crippen LogP contribution in [-0.4, -0.2) is 30.9 Å². The predicted octanol–water partition coefficient (Wildman–Crippen LogP) is 2.26. The van der Waals surface area contributed by atoms with Crippen molar-refractivity contribution in [1.29, 1.82) is 0 Å². The highest BCUT2D eigenvalue weighted by molar-refractivity contribution is 5.98. The lowest BCUT2D eigenvalue weighted by atomic mass is 10.0. The Bertz CT molecular complexity index is 570. The van der Waals surface area contributed by atoms with Crippen molar-refractivity contribution in [2.45, 2.75) is 39.5 Å². The van der Waals surface area contributed by atoms with Crippen molar-refractivity contribution in [2.75, 3.05) is 13.2 Å². The highest BCUT2D eigenvalue weighted by atomic mass is 16.5. The number of nitrogens with one attached hydrogen (secondary N) is 1. The zero-order valence-electron chi connectivity index (χ0n) is 13.7. The average Bonchev–Trinajstić information content (AvgIpc) is 2.50. The number of carbonyl (C=O) groups is 3. The molecule has 0 fully saturated rings. The summed E-state index contributed by atoms with van der Waals surface area (Å²) in [6.07, 6.45) is 2.44. The molecule has 126 valence electrons. The third-order valence-electron chi connectivity index (χ3n) is 3.55. The summed E-state index contributed by atoms with van der Waals surface area (Å²) in [4.78, 5) is 34.0. The van der Waals surface area contributed by atoms with E-state index < -0.39 is 6.03 Å². The number of ether oxygens (including phenoxy) is 1. The summed E-state index contributed by atoms with van der Waals surface area (Å²) in [7, 11) is 0. The van der Waals surface area contributed by atoms with Gasteiger partial charge in [0, 0.05) is 18.5 Å². The number of hydrogen-bond donors (Lipinski definition) is 2. The molecule has 2 amide bonds. The lowest BCUT2D eigenvalue weighted by molar-refractivity contribution is -0.142. The first-order valence-electron chi connectivity index (χ1n) is 7.69. The molecule has 0 radical (unpaired) electrons. The molecular formula is C17H24N2O4. The van der Waals surface area contributed by atoms with Crippen LogP contribution in [0.2, 0.25) is 0 Å². The molecule has 0 bridgehead atoms. The minimum Gasteiger partial charge on any atom is -0.457 e. The average molecular weight is 320 g/mol. The topological polar surface area (TPSA) is 98.5 Å². The van der Waals surface area contributed by atoms with E-state index in [-0.39, 0.29) is 24.8 Å². The number of urea groups is 1. The number of amides is 2. The van der Waals surface area contributed by atoms with Crippen LogP contribution in [0, 0.1) is 13.8 Å². The second-order valence-corrected chi connectivity index (χ2v) is 5.48. The predicted molar refractivity (Wildman–Crippen MR) is 87.3 cm³/mol. The van der Waals surface area contributed by atoms with Crippen LogP contribution in [0.15, 0.2) is 18.2 Å². The Hall–Kier alpha value is -2.37. The fraction of sp³-hybridized carbons (Fsp3) is 0.471. The van der Waals surface area contributed by atoms with E-state index in [1.807, 2.05) is 19.9 Å². The first kappa shape index (κ1) is 18.7. The monoisotopic (exact) mass is 320 g/mol. The van der Waals surface area contributed by atoms with Gasteiger partial charge in [0.15, 0.2) is 12.4 Å². The molecule has 0 aliphatic heterocycles. The Kier molecular flexibility index (Phi) is 7.80. The fourth-order valence-electron chi connectivity index (χ4n) is 2.00. The van der Waals surface area contributed by atoms with Crippen LogP contribution in [0.4, 0.5) is 4.79 Å². The third kappa shape index (κ3) is 7.44. The van der Waals surface area contributed by atoms with E-state index >= 15 is 0 Å². The zero-order valence-corrected chi connectivity index (χ0v) is 13.7. The van der Waals surface area contributed by atoms with Gasteiger partial charge < -0.3 is 15.8 Å². The smallest absolute Gasteiger partial charge is 0.312 e. The van der Waals surface area contributed by atoms with Gasteiger partial charge in [0.05, 0.1) is 0 Å². The van der Waals surface area contributed by atoms with E-state index in [1.54, 1.807) is 12.1 Å². The normalized spacial score (nSPS) is 10.2. The summed E-state index contributed by atoms with van der Waals surface area (Å²) in [6.45, 7) is 4.17. The summed E-state index contributed by atoms with van der Waals surface area (Å²) in [5.74, 6) is -0.586. The van der Waals surface area contributed by atoms with E-state index in [0.29, 0.717) is 18.5 Å². The Labute approximate surface area is 136 Å². The van der Waals surface area contributed by atoms with Gasteiger partial charge in [-0.3, -0.25) is 9.59 Å². The maximum atomic E-state index is 12.0. The second kappa shape index (κ2) is 9.61. The molecule has 23 heavy (non-hydrogen) atoms. The van der Waals surface area contributed by atoms with E-state index in [0.717, 1.165) is 24.0 Å². The van der Waals surface area contributed by atoms with E-state index in [4.69, 9.17) is 10.5 Å². The third-order valence-corrected chi connectivity index (χ3v) is 3.55. The fourth-order valence-corrected chi connectivity index (χ4v) is 2.00. The van der Waals surface area contributed by atoms with Crippen molar-refractivity contribution in [3.63, 3.8) is 0 Å². The van der Waals surface area contributed by atoms with E-state index in [1.165, 1.54) is 0 Å². The number of benzene rings is 1. The van der Waals surface area contributed by atoms with E-state index in [9.17, 15) is 14.4 Å². The second-order valence-electron chi connectivity index (χ2n) is 5.48. The van der Waals surface area contributed by atoms with Crippen LogP contribution in [0.5, 0.6) is 0 Å². The molecule has 1 rings (SSSR count). The maximum absolute atomic E-state index is 12.0. The van der Waals surface area contributed by atoms with Gasteiger partial charge in [-0.25, -0.2) is 4.79 Å². The summed E-state index contributed by atoms with van der Waals surface area (Å²) < 4.78 is 4.99. The number of rotatable bonds is 9. The molecule has 0 spiro atoms. The van der Waals surface area contributed by atoms with Crippen LogP contribution in [-0.2, 0) is 9.53 Å². The molecule has 0 unspecified atom stereocenters. The van der Waals surface area contributed by atoms with Gasteiger partial charge in [0.1, 0.15) is 0 Å². The molecule has 0 saturated heterocycles. The summed E-state index contributed by atoms with van der Waals surface area (Å²) in [5.41, 5.74) is 7.64. The minimum absolute atomic E-state index is 0.202. The molecule has 6 nitrogen and oxygen atoms in total. The largest absolute Gasteiger partial charge is 0.457 e. The van der Waals surface area contributed by atoms with Crippen LogP contribution in [0.1, 0.15) is 47.2 Å². The van der Waals surface area contributed by atoms with Crippen molar-refractivity contribution in [3.8, 4) is 0 Å². The number of nitrogens with two attached hydrogens (primary N) is 1. The molecule has 1 aromatic carbocycles. The number of carbonyl (C=O) groups excluding carboxylic acids is 3. The van der Waals surface area contributed by atoms with Crippen molar-refractivity contribution >= 4 is 17.8 Å². The minimum atomic E-state index is -0.547. The van der Waals surface area contributed by atoms with Crippen LogP contribution in [0.25, 0.3) is 0 Å². The van der Waals surface area contributed by atoms with Gasteiger partial charge in [0.2, 0.25) is 0 Å². The molecule has 6 heteroatoms. The number of ketones is 1. The number of unbranched alkanes of at least 4 members (excludes halogenated alkanes) is 2. The van der Waals surface area contributed by atoms with Crippen LogP contribution < -0.4 is 11.1 Å². The first-order valence-corrected chi connectivity index (χ1v) is 7.69. The first-order chi connectivity index (χ1) is 10.9. The van der Waals surface area contributed by atoms with Gasteiger partial charge in [-0.05, 0) is 43.9 Å². The molecular weight excluding hydrogens is 296 g/mol. The number of primary amides is 1. The lowest BCUT2D eigenvalue weighted by Crippen LogP contribution is -2.29. The van der Waals surface area contributed by atoms with Crippen LogP contribution in [0.3, 0.4) is 0 Å². The molecule has 0 heterocycles. The molecule has 0 aromatic heterocycles. The molecule has 0 saturated carbocycles. The molecule has 0 aliphatic carbocycles. The maximum Gasteiger partial charge on any atom is 0.312 e. The summed E-state index contributed by atoms with van der Waals surface area (Å²) in [5, 5.41) is 2.48. The van der Waals surface area contributed by atoms with Gasteiger partial charge in [-0.2, -0.15) is 0 Å². The quantitative estimate of drug-likeness (QED) is 0.414. The zero-order chi connectivity index (χ0) is 17.2. The summed E-state index contributed by atoms with van der Waals surface area (Å²) >= 11 is 0. The van der Waals surface area contributed by atoms with Gasteiger partial charge in [-0.15, -0.1) is 0 Å². The summed E-state index contributed by atoms with van der Waals surface area (Å²) in [6, 6.07) is 4.88. The standard InChI is InChI=1S/C17H24N2O4/c1-12-7-8-14(10-13(12)2)15(20)11-23-16(21)6-4-3-5-9-19-17(18)22/h7-8,10H,3-6,9,11H2,1-2H3,(H3,18,19,22). The van der Waals surface area contributed by atoms with Crippen molar-refractivity contribution in [1.82, 2.24) is 5.32 Å². The Morgan fingerprint density at radius 2 is 1.83 bits per heavy atom. The van der Waals surface area contributed by atoms with E-state index in [2.05, 4.69) is 5.32 Å². The van der Waals surface area contributed by atoms with Gasteiger partial charge >= 0.3 is 12.0 Å². The highest BCUT2D eigenvalue weighted by Crippen LogP contribution is 2.11. The number of esters is 1. The Balaban J connectivity index is 2.21. The highest BCUT2D eigenvalue weighted by Gasteiger charge is 2.10. The number of Topliss-reactive ketones (excluding diaryl/α,β-unsaturated/α-hetero) is 1. The van der Waals surface area contributed by atoms with Gasteiger partial charge in [0.25, 0.3) is 0 Å². The number of aryl methyl sites for hydroxylation is 2. The Morgan fingerprint density at radius 1 is 1.09 bits per heavy atom. The van der Waals surface area contributed by atoms with Crippen molar-refractivity contribution in [2.24, 2.45) is 5.73 Å². The molecule has 0 atom stereocenters. The van der Waals surface area contributed by atoms with Gasteiger partial charge in [-0.1, -0.05) is 18.6 Å². The lowest BCUT2D eigenvalue weighted by Gasteiger charge is -2.06. The SMILES string of the molecule is Cc1ccc(C(=O)COC(=O)CCCCCNC(N)=O)cc1C. The Morgan fingerprint density at radius 3 is 2.48 bits per heavy atom. The molecule has 1 aromatic rings.